The summed E-state index contributed by atoms with van der Waals surface area (Å²) in [6.45, 7) is 5.84. The smallest absolute Gasteiger partial charge is 0.177 e. The van der Waals surface area contributed by atoms with Crippen molar-refractivity contribution in [1.82, 2.24) is 5.43 Å². The van der Waals surface area contributed by atoms with Crippen LogP contribution >= 0.6 is 12.2 Å². The maximum absolute atomic E-state index is 14.7. The molecular formula is C23H32FN5OS. The van der Waals surface area contributed by atoms with Gasteiger partial charge in [-0.05, 0) is 61.8 Å². The highest BCUT2D eigenvalue weighted by atomic mass is 32.1. The predicted octanol–water partition coefficient (Wildman–Crippen LogP) is 3.48. The van der Waals surface area contributed by atoms with E-state index in [1.165, 1.54) is 18.5 Å². The van der Waals surface area contributed by atoms with E-state index in [1.54, 1.807) is 6.07 Å². The molecule has 0 atom stereocenters. The number of benzene rings is 2. The van der Waals surface area contributed by atoms with Gasteiger partial charge in [0.15, 0.2) is 5.11 Å². The minimum absolute atomic E-state index is 0.104. The Bertz CT molecular complexity index is 853. The van der Waals surface area contributed by atoms with Crippen LogP contribution in [0.5, 0.6) is 5.75 Å². The number of thiocarbonyl (C=S) groups is 1. The van der Waals surface area contributed by atoms with Gasteiger partial charge >= 0.3 is 0 Å². The monoisotopic (exact) mass is 445 g/mol. The topological polar surface area (TPSA) is 79.8 Å². The Morgan fingerprint density at radius 2 is 1.61 bits per heavy atom. The second kappa shape index (κ2) is 11.2. The van der Waals surface area contributed by atoms with Gasteiger partial charge in [-0.15, -0.1) is 0 Å². The van der Waals surface area contributed by atoms with Gasteiger partial charge in [0.25, 0.3) is 0 Å². The molecule has 2 heterocycles. The van der Waals surface area contributed by atoms with Gasteiger partial charge in [-0.1, -0.05) is 18.2 Å². The van der Waals surface area contributed by atoms with Gasteiger partial charge < -0.3 is 25.7 Å². The van der Waals surface area contributed by atoms with E-state index in [-0.39, 0.29) is 17.0 Å². The van der Waals surface area contributed by atoms with Gasteiger partial charge in [0.2, 0.25) is 0 Å². The van der Waals surface area contributed by atoms with Gasteiger partial charge in [0, 0.05) is 44.7 Å². The molecule has 0 spiro atoms. The van der Waals surface area contributed by atoms with E-state index in [9.17, 15) is 4.39 Å². The maximum atomic E-state index is 14.7. The highest BCUT2D eigenvalue weighted by Crippen LogP contribution is 2.33. The van der Waals surface area contributed by atoms with Crippen molar-refractivity contribution in [2.45, 2.75) is 38.7 Å². The lowest BCUT2D eigenvalue weighted by atomic mass is 10.0. The van der Waals surface area contributed by atoms with Crippen LogP contribution in [0.4, 0.5) is 15.8 Å². The molecule has 2 fully saturated rings. The van der Waals surface area contributed by atoms with Crippen LogP contribution in [0.3, 0.4) is 0 Å². The first-order chi connectivity index (χ1) is 15.0. The number of hydrazine groups is 1. The van der Waals surface area contributed by atoms with E-state index in [1.807, 2.05) is 42.7 Å². The molecule has 0 unspecified atom stereocenters. The lowest BCUT2D eigenvalue weighted by Crippen LogP contribution is -2.38. The average Bonchev–Trinajstić information content (AvgIpc) is 3.30. The van der Waals surface area contributed by atoms with Crippen LogP contribution in [0.25, 0.3) is 0 Å². The summed E-state index contributed by atoms with van der Waals surface area (Å²) in [4.78, 5) is 4.57. The minimum atomic E-state index is -0.104. The second-order valence-corrected chi connectivity index (χ2v) is 8.35. The molecule has 0 amide bonds. The Balaban J connectivity index is 0.000000491. The third-order valence-corrected chi connectivity index (χ3v) is 5.80. The lowest BCUT2D eigenvalue weighted by molar-refractivity contribution is 0.170. The first-order valence-corrected chi connectivity index (χ1v) is 11.2. The van der Waals surface area contributed by atoms with E-state index in [0.29, 0.717) is 0 Å². The van der Waals surface area contributed by atoms with Gasteiger partial charge in [0.1, 0.15) is 17.7 Å². The van der Waals surface area contributed by atoms with E-state index in [0.717, 1.165) is 56.0 Å². The number of nitrogens with zero attached hydrogens (tertiary/aromatic N) is 2. The molecule has 4 rings (SSSR count). The van der Waals surface area contributed by atoms with Crippen molar-refractivity contribution in [3.8, 4) is 5.75 Å². The number of hydrogen-bond acceptors (Lipinski definition) is 5. The summed E-state index contributed by atoms with van der Waals surface area (Å²) in [5.74, 6) is 5.47. The Kier molecular flexibility index (Phi) is 8.31. The molecule has 168 valence electrons. The van der Waals surface area contributed by atoms with Crippen LogP contribution in [0.15, 0.2) is 42.5 Å². The number of nitrogens with two attached hydrogens (primary N) is 2. The lowest BCUT2D eigenvalue weighted by Gasteiger charge is -2.34. The first-order valence-electron chi connectivity index (χ1n) is 10.8. The summed E-state index contributed by atoms with van der Waals surface area (Å²) < 4.78 is 20.7. The molecule has 2 aliphatic heterocycles. The Morgan fingerprint density at radius 3 is 2.19 bits per heavy atom. The molecule has 0 radical (unpaired) electrons. The minimum Gasteiger partial charge on any atom is -0.490 e. The zero-order valence-corrected chi connectivity index (χ0v) is 18.8. The molecule has 2 aromatic carbocycles. The molecule has 8 heteroatoms. The number of rotatable bonds is 4. The van der Waals surface area contributed by atoms with Gasteiger partial charge in [-0.25, -0.2) is 10.2 Å². The number of hydrogen-bond donors (Lipinski definition) is 3. The van der Waals surface area contributed by atoms with Crippen molar-refractivity contribution in [3.63, 3.8) is 0 Å². The molecule has 2 saturated heterocycles. The summed E-state index contributed by atoms with van der Waals surface area (Å²) in [6, 6.07) is 13.7. The molecule has 31 heavy (non-hydrogen) atoms. The molecule has 0 bridgehead atoms. The molecule has 0 saturated carbocycles. The van der Waals surface area contributed by atoms with Crippen LogP contribution in [0, 0.1) is 12.7 Å². The van der Waals surface area contributed by atoms with Crippen molar-refractivity contribution in [3.05, 3.63) is 53.8 Å². The molecular weight excluding hydrogens is 413 g/mol. The zero-order chi connectivity index (χ0) is 22.2. The first kappa shape index (κ1) is 23.1. The average molecular weight is 446 g/mol. The van der Waals surface area contributed by atoms with Crippen molar-refractivity contribution >= 4 is 28.7 Å². The molecule has 2 aliphatic rings. The number of ether oxygens (including phenoxy) is 1. The SMILES string of the molecule is Cc1cc(F)c(N2CCC(Oc3ccccc3)CC2)cc1N1CCCC1.NNC(N)=S. The van der Waals surface area contributed by atoms with Crippen molar-refractivity contribution < 1.29 is 9.13 Å². The Hall–Kier alpha value is -2.58. The zero-order valence-electron chi connectivity index (χ0n) is 18.0. The van der Waals surface area contributed by atoms with Crippen LogP contribution in [-0.2, 0) is 0 Å². The normalized spacial score (nSPS) is 16.5. The van der Waals surface area contributed by atoms with Crippen molar-refractivity contribution in [2.24, 2.45) is 11.6 Å². The number of halogens is 1. The van der Waals surface area contributed by atoms with E-state index >= 15 is 0 Å². The Morgan fingerprint density at radius 1 is 1.03 bits per heavy atom. The highest BCUT2D eigenvalue weighted by Gasteiger charge is 2.24. The van der Waals surface area contributed by atoms with Crippen LogP contribution < -0.4 is 31.5 Å². The molecule has 2 aromatic rings. The summed E-state index contributed by atoms with van der Waals surface area (Å²) in [5.41, 5.74) is 9.80. The predicted molar refractivity (Wildman–Crippen MR) is 129 cm³/mol. The van der Waals surface area contributed by atoms with Gasteiger partial charge in [0.05, 0.1) is 5.69 Å². The van der Waals surface area contributed by atoms with Gasteiger partial charge in [-0.3, -0.25) is 0 Å². The number of nitrogens with one attached hydrogen (secondary N) is 1. The van der Waals surface area contributed by atoms with Gasteiger partial charge in [-0.2, -0.15) is 0 Å². The van der Waals surface area contributed by atoms with Crippen LogP contribution in [0.2, 0.25) is 0 Å². The second-order valence-electron chi connectivity index (χ2n) is 7.91. The van der Waals surface area contributed by atoms with Crippen LogP contribution in [0.1, 0.15) is 31.2 Å². The fourth-order valence-corrected chi connectivity index (χ4v) is 4.10. The van der Waals surface area contributed by atoms with Crippen LogP contribution in [-0.4, -0.2) is 37.4 Å². The quantitative estimate of drug-likeness (QED) is 0.378. The third-order valence-electron chi connectivity index (χ3n) is 5.68. The van der Waals surface area contributed by atoms with E-state index in [2.05, 4.69) is 33.9 Å². The fraction of sp³-hybridized carbons (Fsp3) is 0.435. The summed E-state index contributed by atoms with van der Waals surface area (Å²) in [6.07, 6.45) is 4.51. The standard InChI is InChI=1S/C22H27FN2O.CH5N3S/c1-17-15-20(23)22(16-21(17)24-11-5-6-12-24)25-13-9-19(10-14-25)26-18-7-3-2-4-8-18;2-1(5)4-3/h2-4,7-8,15-16,19H,5-6,9-14H2,1H3;3H2,(H3,2,4,5). The van der Waals surface area contributed by atoms with E-state index < -0.39 is 0 Å². The summed E-state index contributed by atoms with van der Waals surface area (Å²) in [5, 5.41) is 0.116. The summed E-state index contributed by atoms with van der Waals surface area (Å²) >= 11 is 4.24. The highest BCUT2D eigenvalue weighted by molar-refractivity contribution is 7.80. The largest absolute Gasteiger partial charge is 0.490 e. The number of para-hydroxylation sites is 1. The third kappa shape index (κ3) is 6.45. The summed E-state index contributed by atoms with van der Waals surface area (Å²) in [7, 11) is 0. The van der Waals surface area contributed by atoms with E-state index in [4.69, 9.17) is 10.5 Å². The fourth-order valence-electron chi connectivity index (χ4n) is 4.10. The van der Waals surface area contributed by atoms with Crippen molar-refractivity contribution in [1.29, 1.82) is 0 Å². The number of piperidine rings is 1. The molecule has 0 aromatic heterocycles. The maximum Gasteiger partial charge on any atom is 0.177 e. The molecule has 6 nitrogen and oxygen atoms in total. The Labute approximate surface area is 189 Å². The molecule has 0 aliphatic carbocycles. The van der Waals surface area contributed by atoms with Crippen molar-refractivity contribution in [2.75, 3.05) is 36.0 Å². The number of anilines is 2. The number of aryl methyl sites for hydroxylation is 1. The molecule has 5 N–H and O–H groups in total.